The minimum absolute atomic E-state index is 0.579. The third-order valence-corrected chi connectivity index (χ3v) is 3.38. The summed E-state index contributed by atoms with van der Waals surface area (Å²) in [5.41, 5.74) is 0. The van der Waals surface area contributed by atoms with E-state index in [-0.39, 0.29) is 0 Å². The molecule has 0 saturated heterocycles. The number of aromatic nitrogens is 2. The summed E-state index contributed by atoms with van der Waals surface area (Å²) in [6, 6.07) is 2.00. The Kier molecular flexibility index (Phi) is 6.05. The van der Waals surface area contributed by atoms with Gasteiger partial charge in [-0.25, -0.2) is 9.97 Å². The second-order valence-corrected chi connectivity index (χ2v) is 5.28. The smallest absolute Gasteiger partial charge is 0.136 e. The number of anilines is 2. The molecule has 0 atom stereocenters. The van der Waals surface area contributed by atoms with Gasteiger partial charge < -0.3 is 15.4 Å². The maximum Gasteiger partial charge on any atom is 0.136 e. The lowest BCUT2D eigenvalue weighted by Gasteiger charge is -2.10. The first-order valence-electron chi connectivity index (χ1n) is 7.69. The largest absolute Gasteiger partial charge is 0.385 e. The molecule has 1 saturated carbocycles. The molecule has 2 N–H and O–H groups in total. The van der Waals surface area contributed by atoms with Gasteiger partial charge in [-0.2, -0.15) is 0 Å². The van der Waals surface area contributed by atoms with Crippen LogP contribution in [-0.4, -0.2) is 36.8 Å². The van der Waals surface area contributed by atoms with Crippen LogP contribution in [-0.2, 0) is 4.74 Å². The lowest BCUT2D eigenvalue weighted by molar-refractivity contribution is 0.192. The van der Waals surface area contributed by atoms with Crippen LogP contribution in [0.1, 0.15) is 50.8 Å². The number of unbranched alkanes of at least 4 members (excludes halogenated alkanes) is 2. The Labute approximate surface area is 121 Å². The van der Waals surface area contributed by atoms with Crippen LogP contribution in [0.15, 0.2) is 6.07 Å². The van der Waals surface area contributed by atoms with Crippen molar-refractivity contribution in [2.75, 3.05) is 37.4 Å². The predicted molar refractivity (Wildman–Crippen MR) is 82.4 cm³/mol. The molecule has 0 aliphatic heterocycles. The molecule has 5 heteroatoms. The van der Waals surface area contributed by atoms with Gasteiger partial charge in [0.1, 0.15) is 17.5 Å². The maximum absolute atomic E-state index is 5.05. The van der Waals surface area contributed by atoms with Crippen molar-refractivity contribution in [3.05, 3.63) is 11.9 Å². The topological polar surface area (TPSA) is 59.1 Å². The van der Waals surface area contributed by atoms with Gasteiger partial charge in [0.05, 0.1) is 0 Å². The van der Waals surface area contributed by atoms with E-state index in [2.05, 4.69) is 27.5 Å². The molecule has 1 heterocycles. The minimum atomic E-state index is 0.579. The molecule has 0 aromatic carbocycles. The molecule has 1 fully saturated rings. The van der Waals surface area contributed by atoms with Crippen molar-refractivity contribution in [3.8, 4) is 0 Å². The first-order valence-corrected chi connectivity index (χ1v) is 7.69. The van der Waals surface area contributed by atoms with E-state index in [1.165, 1.54) is 19.3 Å². The maximum atomic E-state index is 5.05. The van der Waals surface area contributed by atoms with Crippen molar-refractivity contribution >= 4 is 11.6 Å². The summed E-state index contributed by atoms with van der Waals surface area (Å²) >= 11 is 0. The monoisotopic (exact) mass is 278 g/mol. The summed E-state index contributed by atoms with van der Waals surface area (Å²) in [5.74, 6) is 3.46. The second-order valence-electron chi connectivity index (χ2n) is 5.28. The summed E-state index contributed by atoms with van der Waals surface area (Å²) in [7, 11) is 1.75. The molecule has 1 aliphatic carbocycles. The molecule has 1 aromatic heterocycles. The van der Waals surface area contributed by atoms with Crippen LogP contribution >= 0.6 is 0 Å². The number of nitrogens with one attached hydrogen (secondary N) is 2. The highest BCUT2D eigenvalue weighted by atomic mass is 16.5. The molecule has 0 amide bonds. The van der Waals surface area contributed by atoms with Crippen molar-refractivity contribution in [1.29, 1.82) is 0 Å². The van der Waals surface area contributed by atoms with E-state index in [1.807, 2.05) is 6.07 Å². The average molecular weight is 278 g/mol. The Morgan fingerprint density at radius 3 is 2.55 bits per heavy atom. The molecular formula is C15H26N4O. The highest BCUT2D eigenvalue weighted by Crippen LogP contribution is 2.38. The number of nitrogens with zero attached hydrogens (tertiary/aromatic N) is 2. The Morgan fingerprint density at radius 1 is 1.15 bits per heavy atom. The Hall–Kier alpha value is -1.36. The van der Waals surface area contributed by atoms with Gasteiger partial charge in [-0.15, -0.1) is 0 Å². The lowest BCUT2D eigenvalue weighted by atomic mass is 10.2. The summed E-state index contributed by atoms with van der Waals surface area (Å²) in [5, 5.41) is 6.69. The molecule has 0 spiro atoms. The number of ether oxygens (including phenoxy) is 1. The van der Waals surface area contributed by atoms with E-state index in [4.69, 9.17) is 4.74 Å². The van der Waals surface area contributed by atoms with Crippen LogP contribution in [0.2, 0.25) is 0 Å². The summed E-state index contributed by atoms with van der Waals surface area (Å²) in [6.45, 7) is 4.78. The van der Waals surface area contributed by atoms with Gasteiger partial charge in [0.15, 0.2) is 0 Å². The molecule has 2 rings (SSSR count). The van der Waals surface area contributed by atoms with Crippen molar-refractivity contribution < 1.29 is 4.74 Å². The number of methoxy groups -OCH3 is 1. The van der Waals surface area contributed by atoms with E-state index in [1.54, 1.807) is 7.11 Å². The number of hydrogen-bond donors (Lipinski definition) is 2. The van der Waals surface area contributed by atoms with E-state index in [9.17, 15) is 0 Å². The zero-order valence-electron chi connectivity index (χ0n) is 12.6. The molecule has 112 valence electrons. The van der Waals surface area contributed by atoms with E-state index in [0.29, 0.717) is 5.92 Å². The zero-order valence-corrected chi connectivity index (χ0v) is 12.6. The Balaban J connectivity index is 1.82. The van der Waals surface area contributed by atoms with Crippen LogP contribution in [0.25, 0.3) is 0 Å². The van der Waals surface area contributed by atoms with Gasteiger partial charge in [-0.1, -0.05) is 0 Å². The third kappa shape index (κ3) is 4.96. The molecule has 1 aliphatic rings. The van der Waals surface area contributed by atoms with Gasteiger partial charge in [-0.3, -0.25) is 0 Å². The molecule has 0 radical (unpaired) electrons. The standard InChI is InChI=1S/C15H26N4O/c1-3-16-13-11-14(17-9-5-4-6-10-20-2)19-15(18-13)12-7-8-12/h11-12H,3-10H2,1-2H3,(H2,16,17,18,19). The fraction of sp³-hybridized carbons (Fsp3) is 0.733. The summed E-state index contributed by atoms with van der Waals surface area (Å²) in [4.78, 5) is 9.20. The van der Waals surface area contributed by atoms with Crippen molar-refractivity contribution in [2.45, 2.75) is 44.9 Å². The highest BCUT2D eigenvalue weighted by molar-refractivity contribution is 5.48. The predicted octanol–water partition coefficient (Wildman–Crippen LogP) is 3.01. The quantitative estimate of drug-likeness (QED) is 0.644. The second kappa shape index (κ2) is 8.04. The Morgan fingerprint density at radius 2 is 1.90 bits per heavy atom. The highest BCUT2D eigenvalue weighted by Gasteiger charge is 2.27. The lowest BCUT2D eigenvalue weighted by Crippen LogP contribution is -2.09. The summed E-state index contributed by atoms with van der Waals surface area (Å²) < 4.78 is 5.05. The Bertz CT molecular complexity index is 407. The van der Waals surface area contributed by atoms with Gasteiger partial charge in [0.25, 0.3) is 0 Å². The van der Waals surface area contributed by atoms with Crippen LogP contribution in [0.5, 0.6) is 0 Å². The first kappa shape index (κ1) is 15.0. The van der Waals surface area contributed by atoms with Gasteiger partial charge in [-0.05, 0) is 39.0 Å². The first-order chi connectivity index (χ1) is 9.83. The van der Waals surface area contributed by atoms with Gasteiger partial charge in [0.2, 0.25) is 0 Å². The molecular weight excluding hydrogens is 252 g/mol. The molecule has 20 heavy (non-hydrogen) atoms. The van der Waals surface area contributed by atoms with Crippen LogP contribution in [0.3, 0.4) is 0 Å². The van der Waals surface area contributed by atoms with Crippen LogP contribution in [0, 0.1) is 0 Å². The molecule has 5 nitrogen and oxygen atoms in total. The van der Waals surface area contributed by atoms with Crippen molar-refractivity contribution in [1.82, 2.24) is 9.97 Å². The van der Waals surface area contributed by atoms with Crippen LogP contribution < -0.4 is 10.6 Å². The van der Waals surface area contributed by atoms with E-state index in [0.717, 1.165) is 50.0 Å². The van der Waals surface area contributed by atoms with E-state index < -0.39 is 0 Å². The fourth-order valence-electron chi connectivity index (χ4n) is 2.12. The molecule has 1 aromatic rings. The van der Waals surface area contributed by atoms with Crippen LogP contribution in [0.4, 0.5) is 11.6 Å². The number of rotatable bonds is 10. The SMILES string of the molecule is CCNc1cc(NCCCCCOC)nc(C2CC2)n1. The van der Waals surface area contributed by atoms with E-state index >= 15 is 0 Å². The fourth-order valence-corrected chi connectivity index (χ4v) is 2.12. The van der Waals surface area contributed by atoms with Gasteiger partial charge >= 0.3 is 0 Å². The zero-order chi connectivity index (χ0) is 14.2. The summed E-state index contributed by atoms with van der Waals surface area (Å²) in [6.07, 6.45) is 5.90. The molecule has 0 unspecified atom stereocenters. The minimum Gasteiger partial charge on any atom is -0.385 e. The normalized spacial score (nSPS) is 14.3. The molecule has 0 bridgehead atoms. The number of hydrogen-bond acceptors (Lipinski definition) is 5. The van der Waals surface area contributed by atoms with Crippen molar-refractivity contribution in [3.63, 3.8) is 0 Å². The third-order valence-electron chi connectivity index (χ3n) is 3.38. The van der Waals surface area contributed by atoms with Gasteiger partial charge in [0, 0.05) is 38.8 Å². The average Bonchev–Trinajstić information content (AvgIpc) is 3.27. The van der Waals surface area contributed by atoms with Crippen molar-refractivity contribution in [2.24, 2.45) is 0 Å².